The van der Waals surface area contributed by atoms with Gasteiger partial charge in [-0.15, -0.1) is 0 Å². The lowest BCUT2D eigenvalue weighted by Gasteiger charge is -2.26. The fraction of sp³-hybridized carbons (Fsp3) is 0.625. The molecular formula is C16H26N2O. The minimum Gasteiger partial charge on any atom is -0.396 e. The van der Waals surface area contributed by atoms with Crippen molar-refractivity contribution in [1.29, 1.82) is 0 Å². The van der Waals surface area contributed by atoms with Gasteiger partial charge in [0.2, 0.25) is 0 Å². The van der Waals surface area contributed by atoms with Crippen LogP contribution in [-0.4, -0.2) is 24.3 Å². The molecule has 1 aromatic carbocycles. The van der Waals surface area contributed by atoms with Crippen molar-refractivity contribution >= 4 is 0 Å². The summed E-state index contributed by atoms with van der Waals surface area (Å²) < 4.78 is 0. The maximum Gasteiger partial charge on any atom is 0.0443 e. The van der Waals surface area contributed by atoms with E-state index in [0.29, 0.717) is 6.04 Å². The Kier molecular flexibility index (Phi) is 5.83. The molecule has 1 aliphatic rings. The fourth-order valence-electron chi connectivity index (χ4n) is 2.73. The summed E-state index contributed by atoms with van der Waals surface area (Å²) in [7, 11) is 0. The van der Waals surface area contributed by atoms with Gasteiger partial charge in [-0.3, -0.25) is 0 Å². The van der Waals surface area contributed by atoms with Crippen molar-refractivity contribution in [2.75, 3.05) is 13.2 Å². The molecule has 1 heterocycles. The van der Waals surface area contributed by atoms with Crippen LogP contribution >= 0.6 is 0 Å². The summed E-state index contributed by atoms with van der Waals surface area (Å²) >= 11 is 0. The second-order valence-corrected chi connectivity index (χ2v) is 5.43. The summed E-state index contributed by atoms with van der Waals surface area (Å²) in [6, 6.07) is 7.47. The van der Waals surface area contributed by atoms with Gasteiger partial charge in [0.05, 0.1) is 0 Å². The number of aliphatic hydroxyl groups is 1. The third-order valence-corrected chi connectivity index (χ3v) is 3.80. The lowest BCUT2D eigenvalue weighted by atomic mass is 9.92. The van der Waals surface area contributed by atoms with Crippen LogP contribution in [0, 0.1) is 0 Å². The van der Waals surface area contributed by atoms with Gasteiger partial charge in [-0.25, -0.2) is 0 Å². The number of rotatable bonds is 7. The van der Waals surface area contributed by atoms with Crippen LogP contribution in [0.25, 0.3) is 0 Å². The molecule has 0 radical (unpaired) electrons. The molecule has 0 saturated heterocycles. The predicted molar refractivity (Wildman–Crippen MR) is 79.1 cm³/mol. The Morgan fingerprint density at radius 3 is 3.05 bits per heavy atom. The number of benzene rings is 1. The molecule has 1 aromatic rings. The molecule has 0 aliphatic carbocycles. The third kappa shape index (κ3) is 4.30. The highest BCUT2D eigenvalue weighted by molar-refractivity contribution is 5.34. The van der Waals surface area contributed by atoms with Crippen molar-refractivity contribution in [1.82, 2.24) is 10.6 Å². The zero-order valence-electron chi connectivity index (χ0n) is 11.9. The first kappa shape index (κ1) is 14.5. The highest BCUT2D eigenvalue weighted by Crippen LogP contribution is 2.20. The predicted octanol–water partition coefficient (Wildman–Crippen LogP) is 1.97. The first-order chi connectivity index (χ1) is 9.33. The lowest BCUT2D eigenvalue weighted by Crippen LogP contribution is -2.35. The van der Waals surface area contributed by atoms with Crippen LogP contribution in [0.5, 0.6) is 0 Å². The summed E-state index contributed by atoms with van der Waals surface area (Å²) in [5.41, 5.74) is 4.32. The number of aliphatic hydroxyl groups excluding tert-OH is 1. The van der Waals surface area contributed by atoms with Gasteiger partial charge in [0.25, 0.3) is 0 Å². The molecule has 106 valence electrons. The van der Waals surface area contributed by atoms with Crippen LogP contribution in [0.15, 0.2) is 18.2 Å². The van der Waals surface area contributed by atoms with Crippen molar-refractivity contribution < 1.29 is 5.11 Å². The molecule has 3 heteroatoms. The monoisotopic (exact) mass is 262 g/mol. The van der Waals surface area contributed by atoms with Crippen LogP contribution in [0.1, 0.15) is 42.9 Å². The van der Waals surface area contributed by atoms with E-state index in [4.69, 9.17) is 5.11 Å². The second-order valence-electron chi connectivity index (χ2n) is 5.43. The Bertz CT molecular complexity index is 392. The van der Waals surface area contributed by atoms with E-state index < -0.39 is 0 Å². The molecule has 0 amide bonds. The Hall–Kier alpha value is -0.900. The summed E-state index contributed by atoms with van der Waals surface area (Å²) in [6.45, 7) is 5.31. The fourth-order valence-corrected chi connectivity index (χ4v) is 2.73. The van der Waals surface area contributed by atoms with Crippen LogP contribution < -0.4 is 10.6 Å². The number of nitrogens with one attached hydrogen (secondary N) is 2. The number of fused-ring (bicyclic) bond motifs is 1. The van der Waals surface area contributed by atoms with E-state index >= 15 is 0 Å². The summed E-state index contributed by atoms with van der Waals surface area (Å²) in [6.07, 6.45) is 4.49. The minimum absolute atomic E-state index is 0.265. The van der Waals surface area contributed by atoms with Crippen molar-refractivity contribution in [3.8, 4) is 0 Å². The van der Waals surface area contributed by atoms with Crippen LogP contribution in [0.2, 0.25) is 0 Å². The van der Waals surface area contributed by atoms with Crippen LogP contribution in [-0.2, 0) is 19.5 Å². The van der Waals surface area contributed by atoms with Crippen molar-refractivity contribution in [2.24, 2.45) is 0 Å². The zero-order chi connectivity index (χ0) is 13.5. The largest absolute Gasteiger partial charge is 0.396 e. The van der Waals surface area contributed by atoms with Crippen LogP contribution in [0.4, 0.5) is 0 Å². The SMILES string of the molecule is CCCC1Cc2cc(CNCCCO)ccc2CN1. The average molecular weight is 262 g/mol. The van der Waals surface area contributed by atoms with Gasteiger partial charge in [0.15, 0.2) is 0 Å². The standard InChI is InChI=1S/C16H26N2O/c1-2-4-16-10-15-9-13(11-17-7-3-8-19)5-6-14(15)12-18-16/h5-6,9,16-19H,2-4,7-8,10-12H2,1H3. The summed E-state index contributed by atoms with van der Waals surface area (Å²) in [5, 5.41) is 15.7. The topological polar surface area (TPSA) is 44.3 Å². The zero-order valence-corrected chi connectivity index (χ0v) is 11.9. The molecule has 3 N–H and O–H groups in total. The van der Waals surface area contributed by atoms with Gasteiger partial charge in [0, 0.05) is 25.7 Å². The molecule has 19 heavy (non-hydrogen) atoms. The van der Waals surface area contributed by atoms with Gasteiger partial charge in [-0.2, -0.15) is 0 Å². The smallest absolute Gasteiger partial charge is 0.0443 e. The van der Waals surface area contributed by atoms with E-state index in [1.165, 1.54) is 29.5 Å². The molecule has 2 rings (SSSR count). The van der Waals surface area contributed by atoms with Crippen LogP contribution in [0.3, 0.4) is 0 Å². The van der Waals surface area contributed by atoms with E-state index in [2.05, 4.69) is 35.8 Å². The molecule has 0 aromatic heterocycles. The maximum absolute atomic E-state index is 8.75. The molecule has 3 nitrogen and oxygen atoms in total. The van der Waals surface area contributed by atoms with Crippen molar-refractivity contribution in [3.05, 3.63) is 34.9 Å². The van der Waals surface area contributed by atoms with Gasteiger partial charge < -0.3 is 15.7 Å². The molecule has 0 bridgehead atoms. The Morgan fingerprint density at radius 1 is 1.37 bits per heavy atom. The molecule has 0 fully saturated rings. The third-order valence-electron chi connectivity index (χ3n) is 3.80. The highest BCUT2D eigenvalue weighted by Gasteiger charge is 2.17. The lowest BCUT2D eigenvalue weighted by molar-refractivity contribution is 0.286. The van der Waals surface area contributed by atoms with Gasteiger partial charge in [-0.05, 0) is 42.5 Å². The van der Waals surface area contributed by atoms with Gasteiger partial charge >= 0.3 is 0 Å². The quantitative estimate of drug-likeness (QED) is 0.658. The van der Waals surface area contributed by atoms with Crippen molar-refractivity contribution in [3.63, 3.8) is 0 Å². The Labute approximate surface area is 116 Å². The Balaban J connectivity index is 1.92. The molecular weight excluding hydrogens is 236 g/mol. The van der Waals surface area contributed by atoms with Gasteiger partial charge in [-0.1, -0.05) is 31.5 Å². The summed E-state index contributed by atoms with van der Waals surface area (Å²) in [4.78, 5) is 0. The Morgan fingerprint density at radius 2 is 2.26 bits per heavy atom. The maximum atomic E-state index is 8.75. The number of hydrogen-bond donors (Lipinski definition) is 3. The normalized spacial score (nSPS) is 18.3. The highest BCUT2D eigenvalue weighted by atomic mass is 16.3. The minimum atomic E-state index is 0.265. The van der Waals surface area contributed by atoms with E-state index in [-0.39, 0.29) is 6.61 Å². The molecule has 0 saturated carbocycles. The summed E-state index contributed by atoms with van der Waals surface area (Å²) in [5.74, 6) is 0. The molecule has 1 aliphatic heterocycles. The van der Waals surface area contributed by atoms with Crippen molar-refractivity contribution in [2.45, 2.75) is 51.7 Å². The van der Waals surface area contributed by atoms with E-state index in [1.54, 1.807) is 0 Å². The first-order valence-corrected chi connectivity index (χ1v) is 7.49. The van der Waals surface area contributed by atoms with E-state index in [9.17, 15) is 0 Å². The second kappa shape index (κ2) is 7.63. The molecule has 0 spiro atoms. The van der Waals surface area contributed by atoms with Gasteiger partial charge in [0.1, 0.15) is 0 Å². The van der Waals surface area contributed by atoms with E-state index in [1.807, 2.05) is 0 Å². The average Bonchev–Trinajstić information content (AvgIpc) is 2.44. The van der Waals surface area contributed by atoms with E-state index in [0.717, 1.165) is 32.5 Å². The molecule has 1 atom stereocenters. The molecule has 1 unspecified atom stereocenters. The number of hydrogen-bond acceptors (Lipinski definition) is 3. The first-order valence-electron chi connectivity index (χ1n) is 7.49.